The van der Waals surface area contributed by atoms with Gasteiger partial charge in [0.1, 0.15) is 0 Å². The number of hydrogen-bond acceptors (Lipinski definition) is 8. The second-order valence-corrected chi connectivity index (χ2v) is 12.4. The van der Waals surface area contributed by atoms with Crippen LogP contribution in [-0.4, -0.2) is 74.0 Å². The largest absolute Gasteiger partial charge is 0.378 e. The molecule has 1 aromatic heterocycles. The summed E-state index contributed by atoms with van der Waals surface area (Å²) < 4.78 is 32.3. The van der Waals surface area contributed by atoms with E-state index in [4.69, 9.17) is 4.74 Å². The van der Waals surface area contributed by atoms with Gasteiger partial charge in [-0.05, 0) is 24.1 Å². The molecular formula is C27H31N3O6S2. The third-order valence-corrected chi connectivity index (χ3v) is 9.12. The summed E-state index contributed by atoms with van der Waals surface area (Å²) in [6.07, 6.45) is 0.0208. The van der Waals surface area contributed by atoms with Gasteiger partial charge < -0.3 is 15.0 Å². The number of para-hydroxylation sites is 1. The molecule has 1 aliphatic rings. The van der Waals surface area contributed by atoms with E-state index in [1.807, 2.05) is 24.3 Å². The lowest BCUT2D eigenvalue weighted by atomic mass is 10.0. The van der Waals surface area contributed by atoms with E-state index < -0.39 is 33.5 Å². The molecular weight excluding hydrogens is 526 g/mol. The molecule has 2 atom stereocenters. The minimum Gasteiger partial charge on any atom is -0.378 e. The van der Waals surface area contributed by atoms with Crippen molar-refractivity contribution in [1.29, 1.82) is 0 Å². The average molecular weight is 558 g/mol. The number of nitrogens with zero attached hydrogens (tertiary/aromatic N) is 2. The first-order valence-corrected chi connectivity index (χ1v) is 15.2. The molecule has 202 valence electrons. The molecule has 38 heavy (non-hydrogen) atoms. The molecule has 1 fully saturated rings. The number of Topliss-reactive ketones (excluding diaryl/α,β-unsaturated/α-hetero) is 1. The number of fused-ring (bicyclic) bond motifs is 1. The van der Waals surface area contributed by atoms with Crippen molar-refractivity contribution in [2.45, 2.75) is 31.6 Å². The van der Waals surface area contributed by atoms with Crippen molar-refractivity contribution in [1.82, 2.24) is 15.2 Å². The van der Waals surface area contributed by atoms with Crippen molar-refractivity contribution >= 4 is 49.0 Å². The van der Waals surface area contributed by atoms with Crippen LogP contribution in [0.1, 0.15) is 35.1 Å². The summed E-state index contributed by atoms with van der Waals surface area (Å²) in [4.78, 5) is 45.6. The molecule has 9 nitrogen and oxygen atoms in total. The zero-order valence-electron chi connectivity index (χ0n) is 21.2. The Morgan fingerprint density at radius 2 is 1.74 bits per heavy atom. The number of thiazole rings is 1. The van der Waals surface area contributed by atoms with Crippen LogP contribution in [0.15, 0.2) is 54.6 Å². The Balaban J connectivity index is 1.51. The monoisotopic (exact) mass is 557 g/mol. The minimum atomic E-state index is -3.74. The van der Waals surface area contributed by atoms with Crippen molar-refractivity contribution in [2.24, 2.45) is 5.92 Å². The number of benzene rings is 2. The van der Waals surface area contributed by atoms with E-state index in [1.54, 1.807) is 42.2 Å². The number of carbonyl (C=O) groups is 3. The summed E-state index contributed by atoms with van der Waals surface area (Å²) in [5.41, 5.74) is 1.30. The molecule has 0 saturated carbocycles. The van der Waals surface area contributed by atoms with Gasteiger partial charge in [-0.15, -0.1) is 11.3 Å². The molecule has 0 radical (unpaired) electrons. The van der Waals surface area contributed by atoms with E-state index in [0.29, 0.717) is 43.8 Å². The highest BCUT2D eigenvalue weighted by Crippen LogP contribution is 2.23. The molecule has 3 aromatic rings. The van der Waals surface area contributed by atoms with Gasteiger partial charge in [-0.3, -0.25) is 14.4 Å². The van der Waals surface area contributed by atoms with Crippen molar-refractivity contribution in [3.8, 4) is 0 Å². The first-order valence-electron chi connectivity index (χ1n) is 12.6. The molecule has 11 heteroatoms. The lowest BCUT2D eigenvalue weighted by Gasteiger charge is -2.28. The number of amides is 2. The highest BCUT2D eigenvalue weighted by molar-refractivity contribution is 7.90. The highest BCUT2D eigenvalue weighted by atomic mass is 32.2. The summed E-state index contributed by atoms with van der Waals surface area (Å²) in [7, 11) is -3.74. The summed E-state index contributed by atoms with van der Waals surface area (Å²) in [5.74, 6) is -3.18. The number of morpholine rings is 1. The third-order valence-electron chi connectivity index (χ3n) is 6.39. The number of rotatable bonds is 11. The second-order valence-electron chi connectivity index (χ2n) is 9.25. The third kappa shape index (κ3) is 7.24. The Morgan fingerprint density at radius 1 is 1.05 bits per heavy atom. The van der Waals surface area contributed by atoms with Gasteiger partial charge in [0.2, 0.25) is 17.6 Å². The molecule has 2 unspecified atom stereocenters. The van der Waals surface area contributed by atoms with Crippen LogP contribution >= 0.6 is 11.3 Å². The maximum atomic E-state index is 13.4. The fraction of sp³-hybridized carbons (Fsp3) is 0.407. The summed E-state index contributed by atoms with van der Waals surface area (Å²) in [6, 6.07) is 15.2. The normalized spacial score (nSPS) is 15.7. The van der Waals surface area contributed by atoms with Gasteiger partial charge in [0, 0.05) is 19.5 Å². The zero-order valence-corrected chi connectivity index (χ0v) is 22.8. The van der Waals surface area contributed by atoms with Crippen molar-refractivity contribution in [3.63, 3.8) is 0 Å². The Hall–Kier alpha value is -3.15. The number of nitrogens with one attached hydrogen (secondary N) is 1. The Morgan fingerprint density at radius 3 is 2.42 bits per heavy atom. The van der Waals surface area contributed by atoms with E-state index in [2.05, 4.69) is 10.3 Å². The van der Waals surface area contributed by atoms with Gasteiger partial charge in [-0.25, -0.2) is 13.4 Å². The molecule has 1 aliphatic heterocycles. The number of ketones is 1. The molecule has 4 rings (SSSR count). The highest BCUT2D eigenvalue weighted by Gasteiger charge is 2.33. The molecule has 1 saturated heterocycles. The van der Waals surface area contributed by atoms with Gasteiger partial charge in [0.05, 0.1) is 46.9 Å². The molecule has 2 aromatic carbocycles. The van der Waals surface area contributed by atoms with Crippen LogP contribution in [0.25, 0.3) is 10.2 Å². The molecule has 2 heterocycles. The summed E-state index contributed by atoms with van der Waals surface area (Å²) in [6.45, 7) is 3.32. The first kappa shape index (κ1) is 27.9. The molecule has 0 aliphatic carbocycles. The van der Waals surface area contributed by atoms with Crippen molar-refractivity contribution in [2.75, 3.05) is 32.1 Å². The Bertz CT molecular complexity index is 1350. The number of sulfone groups is 1. The summed E-state index contributed by atoms with van der Waals surface area (Å²) in [5, 5.41) is 3.00. The Kier molecular flexibility index (Phi) is 9.24. The molecule has 2 amide bonds. The van der Waals surface area contributed by atoms with Crippen LogP contribution in [0.5, 0.6) is 0 Å². The number of ether oxygens (including phenoxy) is 1. The first-order chi connectivity index (χ1) is 18.3. The van der Waals surface area contributed by atoms with Gasteiger partial charge in [0.15, 0.2) is 14.8 Å². The SMILES string of the molecule is CCC(NC(=O)C(CC(=O)N1CCOCC1)CS(=O)(=O)Cc1ccccc1)C(=O)c1nc2ccccc2s1. The topological polar surface area (TPSA) is 123 Å². The minimum absolute atomic E-state index is 0.245. The van der Waals surface area contributed by atoms with Crippen LogP contribution in [0.3, 0.4) is 0 Å². The standard InChI is InChI=1S/C27H31N3O6S2/c1-2-21(25(32)27-29-22-10-6-7-11-23(22)37-27)28-26(33)20(16-24(31)30-12-14-36-15-13-30)18-38(34,35)17-19-8-4-3-5-9-19/h3-11,20-21H,2,12-18H2,1H3,(H,28,33). The smallest absolute Gasteiger partial charge is 0.225 e. The van der Waals surface area contributed by atoms with Crippen molar-refractivity contribution < 1.29 is 27.5 Å². The van der Waals surface area contributed by atoms with E-state index >= 15 is 0 Å². The van der Waals surface area contributed by atoms with Crippen LogP contribution in [0.2, 0.25) is 0 Å². The Labute approximate surface area is 226 Å². The van der Waals surface area contributed by atoms with E-state index in [0.717, 1.165) is 4.70 Å². The molecule has 0 spiro atoms. The average Bonchev–Trinajstić information content (AvgIpc) is 3.36. The number of hydrogen-bond donors (Lipinski definition) is 1. The summed E-state index contributed by atoms with van der Waals surface area (Å²) >= 11 is 1.24. The maximum absolute atomic E-state index is 13.4. The molecule has 0 bridgehead atoms. The predicted molar refractivity (Wildman–Crippen MR) is 146 cm³/mol. The van der Waals surface area contributed by atoms with Crippen LogP contribution in [-0.2, 0) is 29.9 Å². The second kappa shape index (κ2) is 12.6. The van der Waals surface area contributed by atoms with Gasteiger partial charge in [-0.2, -0.15) is 0 Å². The lowest BCUT2D eigenvalue weighted by molar-refractivity contribution is -0.139. The zero-order chi connectivity index (χ0) is 27.1. The van der Waals surface area contributed by atoms with E-state index in [9.17, 15) is 22.8 Å². The van der Waals surface area contributed by atoms with Gasteiger partial charge >= 0.3 is 0 Å². The fourth-order valence-corrected chi connectivity index (χ4v) is 7.00. The van der Waals surface area contributed by atoms with Crippen LogP contribution in [0, 0.1) is 5.92 Å². The molecule has 1 N–H and O–H groups in total. The van der Waals surface area contributed by atoms with E-state index in [1.165, 1.54) is 11.3 Å². The van der Waals surface area contributed by atoms with E-state index in [-0.39, 0.29) is 28.9 Å². The van der Waals surface area contributed by atoms with Crippen LogP contribution < -0.4 is 5.32 Å². The quantitative estimate of drug-likeness (QED) is 0.360. The number of carbonyl (C=O) groups excluding carboxylic acids is 3. The van der Waals surface area contributed by atoms with Gasteiger partial charge in [-0.1, -0.05) is 49.4 Å². The lowest BCUT2D eigenvalue weighted by Crippen LogP contribution is -2.47. The van der Waals surface area contributed by atoms with Crippen LogP contribution in [0.4, 0.5) is 0 Å². The predicted octanol–water partition coefficient (Wildman–Crippen LogP) is 2.85. The number of aromatic nitrogens is 1. The van der Waals surface area contributed by atoms with Gasteiger partial charge in [0.25, 0.3) is 0 Å². The fourth-order valence-electron chi connectivity index (χ4n) is 4.34. The maximum Gasteiger partial charge on any atom is 0.225 e. The van der Waals surface area contributed by atoms with Crippen molar-refractivity contribution in [3.05, 3.63) is 65.2 Å².